The summed E-state index contributed by atoms with van der Waals surface area (Å²) in [5, 5.41) is 3.41. The Labute approximate surface area is 105 Å². The summed E-state index contributed by atoms with van der Waals surface area (Å²) in [6, 6.07) is 4.30. The summed E-state index contributed by atoms with van der Waals surface area (Å²) in [7, 11) is 0. The number of halogens is 2. The van der Waals surface area contributed by atoms with Crippen molar-refractivity contribution in [2.24, 2.45) is 0 Å². The fourth-order valence-electron chi connectivity index (χ4n) is 1.39. The standard InChI is InChI=1S/C10H8BrClS2/c1-13-10-8(11)7(5-12)4-6-2-3-14-9(6)10/h2-4H,5H2,1H3. The molecule has 0 amide bonds. The Balaban J connectivity index is 2.80. The molecule has 0 aliphatic rings. The monoisotopic (exact) mass is 306 g/mol. The van der Waals surface area contributed by atoms with Crippen molar-refractivity contribution in [3.8, 4) is 0 Å². The molecule has 0 atom stereocenters. The lowest BCUT2D eigenvalue weighted by molar-refractivity contribution is 1.33. The van der Waals surface area contributed by atoms with Crippen LogP contribution >= 0.6 is 50.6 Å². The third-order valence-corrected chi connectivity index (χ3v) is 5.41. The van der Waals surface area contributed by atoms with Gasteiger partial charge in [0.2, 0.25) is 0 Å². The largest absolute Gasteiger partial charge is 0.143 e. The van der Waals surface area contributed by atoms with E-state index < -0.39 is 0 Å². The molecule has 2 aromatic rings. The molecule has 1 heterocycles. The first-order chi connectivity index (χ1) is 6.77. The molecule has 0 saturated heterocycles. The molecule has 2 rings (SSSR count). The summed E-state index contributed by atoms with van der Waals surface area (Å²) >= 11 is 13.0. The normalized spacial score (nSPS) is 11.1. The van der Waals surface area contributed by atoms with Crippen LogP contribution in [-0.2, 0) is 5.88 Å². The van der Waals surface area contributed by atoms with Gasteiger partial charge in [0.15, 0.2) is 0 Å². The Morgan fingerprint density at radius 2 is 2.36 bits per heavy atom. The number of rotatable bonds is 2. The third-order valence-electron chi connectivity index (χ3n) is 2.06. The van der Waals surface area contributed by atoms with Crippen LogP contribution in [0.2, 0.25) is 0 Å². The zero-order valence-corrected chi connectivity index (χ0v) is 11.5. The van der Waals surface area contributed by atoms with E-state index in [9.17, 15) is 0 Å². The summed E-state index contributed by atoms with van der Waals surface area (Å²) in [5.74, 6) is 0.555. The summed E-state index contributed by atoms with van der Waals surface area (Å²) in [6.45, 7) is 0. The van der Waals surface area contributed by atoms with E-state index in [1.165, 1.54) is 20.5 Å². The Bertz CT molecular complexity index is 464. The molecule has 14 heavy (non-hydrogen) atoms. The van der Waals surface area contributed by atoms with Crippen LogP contribution in [0.15, 0.2) is 26.9 Å². The highest BCUT2D eigenvalue weighted by atomic mass is 79.9. The highest BCUT2D eigenvalue weighted by molar-refractivity contribution is 9.10. The molecule has 4 heteroatoms. The van der Waals surface area contributed by atoms with Gasteiger partial charge in [-0.2, -0.15) is 0 Å². The van der Waals surface area contributed by atoms with Gasteiger partial charge in [0.05, 0.1) is 0 Å². The van der Waals surface area contributed by atoms with Crippen LogP contribution in [0.3, 0.4) is 0 Å². The molecule has 1 aromatic carbocycles. The van der Waals surface area contributed by atoms with E-state index in [1.54, 1.807) is 23.1 Å². The lowest BCUT2D eigenvalue weighted by Gasteiger charge is -2.07. The zero-order valence-electron chi connectivity index (χ0n) is 7.51. The van der Waals surface area contributed by atoms with Crippen molar-refractivity contribution in [2.75, 3.05) is 6.26 Å². The van der Waals surface area contributed by atoms with Crippen molar-refractivity contribution >= 4 is 60.7 Å². The molecule has 0 fully saturated rings. The maximum Gasteiger partial charge on any atom is 0.0490 e. The van der Waals surface area contributed by atoms with Crippen LogP contribution in [0.4, 0.5) is 0 Å². The number of thioether (sulfide) groups is 1. The number of hydrogen-bond donors (Lipinski definition) is 0. The van der Waals surface area contributed by atoms with Gasteiger partial charge in [-0.05, 0) is 50.6 Å². The molecule has 0 spiro atoms. The van der Waals surface area contributed by atoms with E-state index in [0.717, 1.165) is 4.47 Å². The molecule has 0 radical (unpaired) electrons. The van der Waals surface area contributed by atoms with E-state index in [4.69, 9.17) is 11.6 Å². The molecular formula is C10H8BrClS2. The van der Waals surface area contributed by atoms with Gasteiger partial charge in [-0.15, -0.1) is 34.7 Å². The van der Waals surface area contributed by atoms with E-state index in [-0.39, 0.29) is 0 Å². The summed E-state index contributed by atoms with van der Waals surface area (Å²) in [5.41, 5.74) is 1.17. The van der Waals surface area contributed by atoms with Gasteiger partial charge in [0, 0.05) is 19.9 Å². The van der Waals surface area contributed by atoms with Crippen molar-refractivity contribution in [2.45, 2.75) is 10.8 Å². The lowest BCUT2D eigenvalue weighted by atomic mass is 10.2. The minimum absolute atomic E-state index is 0.555. The Kier molecular flexibility index (Phi) is 3.42. The van der Waals surface area contributed by atoms with Crippen LogP contribution < -0.4 is 0 Å². The van der Waals surface area contributed by atoms with Gasteiger partial charge < -0.3 is 0 Å². The third kappa shape index (κ3) is 1.71. The Hall–Kier alpha value is 0.300. The Morgan fingerprint density at radius 1 is 1.57 bits per heavy atom. The maximum atomic E-state index is 5.89. The second-order valence-electron chi connectivity index (χ2n) is 2.86. The van der Waals surface area contributed by atoms with Gasteiger partial charge in [-0.1, -0.05) is 0 Å². The number of benzene rings is 1. The lowest BCUT2D eigenvalue weighted by Crippen LogP contribution is -1.84. The topological polar surface area (TPSA) is 0 Å². The van der Waals surface area contributed by atoms with Crippen LogP contribution in [0, 0.1) is 0 Å². The van der Waals surface area contributed by atoms with Crippen molar-refractivity contribution in [1.29, 1.82) is 0 Å². The predicted octanol–water partition coefficient (Wildman–Crippen LogP) is 5.12. The van der Waals surface area contributed by atoms with Gasteiger partial charge >= 0.3 is 0 Å². The van der Waals surface area contributed by atoms with Crippen LogP contribution in [-0.4, -0.2) is 6.26 Å². The molecule has 0 saturated carbocycles. The summed E-state index contributed by atoms with van der Waals surface area (Å²) < 4.78 is 2.49. The van der Waals surface area contributed by atoms with Crippen LogP contribution in [0.25, 0.3) is 10.1 Å². The molecule has 0 aliphatic carbocycles. The highest BCUT2D eigenvalue weighted by Crippen LogP contribution is 2.39. The highest BCUT2D eigenvalue weighted by Gasteiger charge is 2.10. The number of thiophene rings is 1. The zero-order chi connectivity index (χ0) is 10.1. The van der Waals surface area contributed by atoms with Crippen LogP contribution in [0.1, 0.15) is 5.56 Å². The van der Waals surface area contributed by atoms with Crippen LogP contribution in [0.5, 0.6) is 0 Å². The summed E-state index contributed by atoms with van der Waals surface area (Å²) in [4.78, 5) is 1.30. The number of hydrogen-bond acceptors (Lipinski definition) is 2. The number of alkyl halides is 1. The molecular weight excluding hydrogens is 300 g/mol. The second-order valence-corrected chi connectivity index (χ2v) is 5.65. The molecule has 0 nitrogen and oxygen atoms in total. The second kappa shape index (κ2) is 4.44. The van der Waals surface area contributed by atoms with Gasteiger partial charge in [-0.3, -0.25) is 0 Å². The van der Waals surface area contributed by atoms with Gasteiger partial charge in [0.25, 0.3) is 0 Å². The van der Waals surface area contributed by atoms with E-state index in [0.29, 0.717) is 5.88 Å². The minimum atomic E-state index is 0.555. The number of fused-ring (bicyclic) bond motifs is 1. The fraction of sp³-hybridized carbons (Fsp3) is 0.200. The Morgan fingerprint density at radius 3 is 3.00 bits per heavy atom. The first kappa shape index (κ1) is 10.8. The fourth-order valence-corrected chi connectivity index (χ4v) is 4.67. The first-order valence-corrected chi connectivity index (χ1v) is 7.49. The molecule has 74 valence electrons. The summed E-state index contributed by atoms with van der Waals surface area (Å²) in [6.07, 6.45) is 2.09. The molecule has 0 N–H and O–H groups in total. The van der Waals surface area contributed by atoms with E-state index in [1.807, 2.05) is 0 Å². The predicted molar refractivity (Wildman–Crippen MR) is 70.9 cm³/mol. The van der Waals surface area contributed by atoms with Gasteiger partial charge in [0.1, 0.15) is 0 Å². The van der Waals surface area contributed by atoms with Crippen molar-refractivity contribution in [3.05, 3.63) is 27.5 Å². The molecule has 1 aromatic heterocycles. The molecule has 0 aliphatic heterocycles. The minimum Gasteiger partial charge on any atom is -0.143 e. The van der Waals surface area contributed by atoms with E-state index >= 15 is 0 Å². The molecule has 0 bridgehead atoms. The van der Waals surface area contributed by atoms with Crippen molar-refractivity contribution in [1.82, 2.24) is 0 Å². The maximum absolute atomic E-state index is 5.89. The van der Waals surface area contributed by atoms with Crippen molar-refractivity contribution in [3.63, 3.8) is 0 Å². The SMILES string of the molecule is CSc1c(Br)c(CCl)cc2ccsc12. The quantitative estimate of drug-likeness (QED) is 0.548. The first-order valence-electron chi connectivity index (χ1n) is 4.06. The van der Waals surface area contributed by atoms with E-state index in [2.05, 4.69) is 39.7 Å². The van der Waals surface area contributed by atoms with Crippen molar-refractivity contribution < 1.29 is 0 Å². The average Bonchev–Trinajstić information content (AvgIpc) is 2.64. The average molecular weight is 308 g/mol. The smallest absolute Gasteiger partial charge is 0.0490 e. The van der Waals surface area contributed by atoms with Gasteiger partial charge in [-0.25, -0.2) is 0 Å². The molecule has 0 unspecified atom stereocenters.